The van der Waals surface area contributed by atoms with Crippen molar-refractivity contribution in [3.05, 3.63) is 0 Å². The van der Waals surface area contributed by atoms with Crippen molar-refractivity contribution in [2.24, 2.45) is 17.1 Å². The van der Waals surface area contributed by atoms with E-state index < -0.39 is 0 Å². The second kappa shape index (κ2) is 9.00. The van der Waals surface area contributed by atoms with Gasteiger partial charge >= 0.3 is 0 Å². The van der Waals surface area contributed by atoms with Gasteiger partial charge in [-0.05, 0) is 37.8 Å². The van der Waals surface area contributed by atoms with E-state index in [4.69, 9.17) is 5.73 Å². The molecule has 0 aromatic heterocycles. The molecule has 3 N–H and O–H groups in total. The number of carbonyl (C=O) groups excluding carboxylic acids is 1. The zero-order valence-corrected chi connectivity index (χ0v) is 15.1. The third-order valence-corrected chi connectivity index (χ3v) is 5.70. The van der Waals surface area contributed by atoms with Crippen LogP contribution >= 0.6 is 0 Å². The Kier molecular flexibility index (Phi) is 7.31. The van der Waals surface area contributed by atoms with Crippen molar-refractivity contribution in [1.82, 2.24) is 15.1 Å². The molecule has 1 aliphatic carbocycles. The van der Waals surface area contributed by atoms with Crippen LogP contribution in [0.25, 0.3) is 0 Å². The molecule has 1 atom stereocenters. The molecule has 2 aliphatic rings. The molecule has 5 nitrogen and oxygen atoms in total. The van der Waals surface area contributed by atoms with Crippen LogP contribution in [-0.4, -0.2) is 68.6 Å². The fourth-order valence-corrected chi connectivity index (χ4v) is 3.98. The molecule has 1 unspecified atom stereocenters. The monoisotopic (exact) mass is 324 g/mol. The van der Waals surface area contributed by atoms with Crippen molar-refractivity contribution in [2.45, 2.75) is 45.4 Å². The molecule has 1 amide bonds. The van der Waals surface area contributed by atoms with Crippen LogP contribution in [0.15, 0.2) is 0 Å². The van der Waals surface area contributed by atoms with Crippen molar-refractivity contribution in [2.75, 3.05) is 52.9 Å². The van der Waals surface area contributed by atoms with E-state index in [2.05, 4.69) is 29.1 Å². The summed E-state index contributed by atoms with van der Waals surface area (Å²) in [5.74, 6) is 0.699. The minimum Gasteiger partial charge on any atom is -0.356 e. The van der Waals surface area contributed by atoms with Crippen LogP contribution < -0.4 is 11.1 Å². The van der Waals surface area contributed by atoms with E-state index in [0.29, 0.717) is 18.9 Å². The molecular formula is C18H36N4O. The highest BCUT2D eigenvalue weighted by atomic mass is 16.1. The lowest BCUT2D eigenvalue weighted by Gasteiger charge is -2.36. The molecule has 2 rings (SSSR count). The van der Waals surface area contributed by atoms with E-state index in [9.17, 15) is 4.79 Å². The first-order chi connectivity index (χ1) is 11.0. The Bertz CT molecular complexity index is 360. The van der Waals surface area contributed by atoms with Gasteiger partial charge in [-0.1, -0.05) is 26.2 Å². The lowest BCUT2D eigenvalue weighted by atomic mass is 9.71. The molecule has 0 spiro atoms. The van der Waals surface area contributed by atoms with E-state index in [1.54, 1.807) is 0 Å². The van der Waals surface area contributed by atoms with Gasteiger partial charge in [0.15, 0.2) is 0 Å². The summed E-state index contributed by atoms with van der Waals surface area (Å²) in [7, 11) is 2.18. The number of hydrogen-bond donors (Lipinski definition) is 2. The Morgan fingerprint density at radius 2 is 1.83 bits per heavy atom. The number of rotatable bonds is 7. The Balaban J connectivity index is 1.67. The molecule has 23 heavy (non-hydrogen) atoms. The maximum atomic E-state index is 12.3. The molecule has 1 saturated heterocycles. The fraction of sp³-hybridized carbons (Fsp3) is 0.944. The van der Waals surface area contributed by atoms with Crippen LogP contribution in [0.4, 0.5) is 0 Å². The van der Waals surface area contributed by atoms with E-state index in [0.717, 1.165) is 52.1 Å². The molecule has 1 heterocycles. The van der Waals surface area contributed by atoms with Crippen molar-refractivity contribution < 1.29 is 4.79 Å². The highest BCUT2D eigenvalue weighted by molar-refractivity contribution is 5.76. The normalized spacial score (nSPS) is 24.3. The molecule has 0 aromatic rings. The number of nitrogens with zero attached hydrogens (tertiary/aromatic N) is 2. The largest absolute Gasteiger partial charge is 0.356 e. The van der Waals surface area contributed by atoms with Crippen molar-refractivity contribution in [3.8, 4) is 0 Å². The predicted molar refractivity (Wildman–Crippen MR) is 95.3 cm³/mol. The molecule has 1 aliphatic heterocycles. The second-order valence-electron chi connectivity index (χ2n) is 7.95. The Labute approximate surface area is 142 Å². The van der Waals surface area contributed by atoms with Crippen molar-refractivity contribution in [3.63, 3.8) is 0 Å². The summed E-state index contributed by atoms with van der Waals surface area (Å²) in [4.78, 5) is 17.2. The molecule has 0 aromatic carbocycles. The predicted octanol–water partition coefficient (Wildman–Crippen LogP) is 1.29. The average molecular weight is 325 g/mol. The summed E-state index contributed by atoms with van der Waals surface area (Å²) in [5.41, 5.74) is 6.06. The average Bonchev–Trinajstić information content (AvgIpc) is 2.56. The maximum absolute atomic E-state index is 12.3. The third kappa shape index (κ3) is 6.05. The first-order valence-electron chi connectivity index (χ1n) is 9.41. The zero-order chi connectivity index (χ0) is 16.7. The van der Waals surface area contributed by atoms with Crippen LogP contribution in [0.3, 0.4) is 0 Å². The van der Waals surface area contributed by atoms with E-state index in [-0.39, 0.29) is 11.3 Å². The van der Waals surface area contributed by atoms with Gasteiger partial charge in [0.2, 0.25) is 5.91 Å². The summed E-state index contributed by atoms with van der Waals surface area (Å²) < 4.78 is 0. The Hall–Kier alpha value is -0.650. The smallest absolute Gasteiger partial charge is 0.220 e. The number of likely N-dealkylation sites (N-methyl/N-ethyl adjacent to an activating group) is 1. The molecule has 134 valence electrons. The summed E-state index contributed by atoms with van der Waals surface area (Å²) >= 11 is 0. The zero-order valence-electron chi connectivity index (χ0n) is 15.1. The van der Waals surface area contributed by atoms with Crippen molar-refractivity contribution in [1.29, 1.82) is 0 Å². The van der Waals surface area contributed by atoms with Gasteiger partial charge in [0.25, 0.3) is 0 Å². The number of hydrogen-bond acceptors (Lipinski definition) is 4. The Morgan fingerprint density at radius 3 is 2.43 bits per heavy atom. The first-order valence-corrected chi connectivity index (χ1v) is 9.41. The number of amides is 1. The van der Waals surface area contributed by atoms with Gasteiger partial charge in [0, 0.05) is 45.7 Å². The molecular weight excluding hydrogens is 288 g/mol. The van der Waals surface area contributed by atoms with E-state index in [1.807, 2.05) is 0 Å². The lowest BCUT2D eigenvalue weighted by molar-refractivity contribution is -0.124. The van der Waals surface area contributed by atoms with Crippen LogP contribution in [0.1, 0.15) is 45.4 Å². The van der Waals surface area contributed by atoms with Crippen LogP contribution in [-0.2, 0) is 4.79 Å². The SMILES string of the molecule is CC(CNC(=O)CC1(CN)CCCCC1)CN1CCN(C)CC1. The van der Waals surface area contributed by atoms with Gasteiger partial charge in [-0.15, -0.1) is 0 Å². The highest BCUT2D eigenvalue weighted by Gasteiger charge is 2.32. The molecule has 1 saturated carbocycles. The molecule has 2 fully saturated rings. The quantitative estimate of drug-likeness (QED) is 0.741. The summed E-state index contributed by atoms with van der Waals surface area (Å²) in [5, 5.41) is 3.16. The fourth-order valence-electron chi connectivity index (χ4n) is 3.98. The van der Waals surface area contributed by atoms with Gasteiger partial charge in [0.1, 0.15) is 0 Å². The molecule has 5 heteroatoms. The van der Waals surface area contributed by atoms with Gasteiger partial charge < -0.3 is 20.9 Å². The second-order valence-corrected chi connectivity index (χ2v) is 7.95. The molecule has 0 bridgehead atoms. The van der Waals surface area contributed by atoms with Gasteiger partial charge in [-0.2, -0.15) is 0 Å². The highest BCUT2D eigenvalue weighted by Crippen LogP contribution is 2.38. The van der Waals surface area contributed by atoms with Crippen LogP contribution in [0.2, 0.25) is 0 Å². The van der Waals surface area contributed by atoms with E-state index in [1.165, 1.54) is 19.3 Å². The van der Waals surface area contributed by atoms with E-state index >= 15 is 0 Å². The Morgan fingerprint density at radius 1 is 1.17 bits per heavy atom. The third-order valence-electron chi connectivity index (χ3n) is 5.70. The lowest BCUT2D eigenvalue weighted by Crippen LogP contribution is -2.47. The standard InChI is InChI=1S/C18H36N4O/c1-16(14-22-10-8-21(2)9-11-22)13-20-17(23)12-18(15-19)6-4-3-5-7-18/h16H,3-15,19H2,1-2H3,(H,20,23). The number of piperazine rings is 1. The topological polar surface area (TPSA) is 61.6 Å². The van der Waals surface area contributed by atoms with Gasteiger partial charge in [-0.25, -0.2) is 0 Å². The summed E-state index contributed by atoms with van der Waals surface area (Å²) in [6, 6.07) is 0. The van der Waals surface area contributed by atoms with Gasteiger partial charge in [0.05, 0.1) is 0 Å². The summed E-state index contributed by atoms with van der Waals surface area (Å²) in [6.45, 7) is 9.34. The first kappa shape index (κ1) is 18.7. The maximum Gasteiger partial charge on any atom is 0.220 e. The van der Waals surface area contributed by atoms with Gasteiger partial charge in [-0.3, -0.25) is 4.79 Å². The van der Waals surface area contributed by atoms with Crippen LogP contribution in [0, 0.1) is 11.3 Å². The number of nitrogens with one attached hydrogen (secondary N) is 1. The minimum atomic E-state index is 0.0724. The number of carbonyl (C=O) groups is 1. The minimum absolute atomic E-state index is 0.0724. The van der Waals surface area contributed by atoms with Crippen LogP contribution in [0.5, 0.6) is 0 Å². The number of nitrogens with two attached hydrogens (primary N) is 1. The molecule has 0 radical (unpaired) electrons. The van der Waals surface area contributed by atoms with Crippen molar-refractivity contribution >= 4 is 5.91 Å². The summed E-state index contributed by atoms with van der Waals surface area (Å²) in [6.07, 6.45) is 6.60.